The summed E-state index contributed by atoms with van der Waals surface area (Å²) in [4.78, 5) is 10.7. The zero-order valence-corrected chi connectivity index (χ0v) is 11.7. The minimum absolute atomic E-state index is 0.106. The molecule has 0 amide bonds. The van der Waals surface area contributed by atoms with Crippen LogP contribution in [-0.4, -0.2) is 32.0 Å². The maximum Gasteiger partial charge on any atom is 0.274 e. The maximum atomic E-state index is 10.7. The van der Waals surface area contributed by atoms with E-state index in [1.165, 1.54) is 19.2 Å². The fourth-order valence-corrected chi connectivity index (χ4v) is 3.46. The first-order valence-corrected chi connectivity index (χ1v) is 8.17. The summed E-state index contributed by atoms with van der Waals surface area (Å²) in [5.74, 6) is 0.362. The minimum Gasteiger partial charge on any atom is -0.496 e. The molecule has 100 valence electrons. The van der Waals surface area contributed by atoms with Crippen molar-refractivity contribution in [2.45, 2.75) is 4.90 Å². The Balaban J connectivity index is 2.82. The second-order valence-corrected chi connectivity index (χ2v) is 7.28. The molecule has 1 rings (SSSR count). The first-order valence-electron chi connectivity index (χ1n) is 4.70. The lowest BCUT2D eigenvalue weighted by atomic mass is 10.3. The van der Waals surface area contributed by atoms with Gasteiger partial charge in [-0.1, -0.05) is 0 Å². The highest BCUT2D eigenvalue weighted by atomic mass is 35.7. The number of non-ortho nitro benzene ring substituents is 1. The highest BCUT2D eigenvalue weighted by molar-refractivity contribution is 8.14. The van der Waals surface area contributed by atoms with Crippen LogP contribution < -0.4 is 4.74 Å². The SMILES string of the molecule is COc1cc(SCCS(=O)(=O)Cl)cc([N+](=O)[O-])c1. The maximum absolute atomic E-state index is 10.7. The molecule has 0 saturated heterocycles. The summed E-state index contributed by atoms with van der Waals surface area (Å²) in [7, 11) is 2.92. The van der Waals surface area contributed by atoms with Gasteiger partial charge in [0.25, 0.3) is 5.69 Å². The van der Waals surface area contributed by atoms with E-state index in [1.807, 2.05) is 0 Å². The summed E-state index contributed by atoms with van der Waals surface area (Å²) in [5, 5.41) is 10.7. The van der Waals surface area contributed by atoms with Gasteiger partial charge in [0, 0.05) is 27.4 Å². The van der Waals surface area contributed by atoms with Gasteiger partial charge in [0.1, 0.15) is 5.75 Å². The second kappa shape index (κ2) is 6.26. The Kier molecular flexibility index (Phi) is 5.24. The molecular weight excluding hydrogens is 302 g/mol. The Morgan fingerprint density at radius 2 is 2.11 bits per heavy atom. The van der Waals surface area contributed by atoms with Gasteiger partial charge in [-0.3, -0.25) is 10.1 Å². The summed E-state index contributed by atoms with van der Waals surface area (Å²) in [6.45, 7) is 0. The number of nitro benzene ring substituents is 1. The summed E-state index contributed by atoms with van der Waals surface area (Å²) < 4.78 is 26.4. The summed E-state index contributed by atoms with van der Waals surface area (Å²) in [5.41, 5.74) is -0.106. The van der Waals surface area contributed by atoms with Crippen LogP contribution >= 0.6 is 22.4 Å². The van der Waals surface area contributed by atoms with Crippen LogP contribution in [0.1, 0.15) is 0 Å². The number of nitrogens with zero attached hydrogens (tertiary/aromatic N) is 1. The number of benzene rings is 1. The third-order valence-corrected chi connectivity index (χ3v) is 4.30. The van der Waals surface area contributed by atoms with Gasteiger partial charge in [-0.15, -0.1) is 11.8 Å². The molecule has 0 spiro atoms. The molecule has 0 atom stereocenters. The zero-order valence-electron chi connectivity index (χ0n) is 9.33. The van der Waals surface area contributed by atoms with Gasteiger partial charge in [-0.05, 0) is 6.07 Å². The monoisotopic (exact) mass is 311 g/mol. The molecule has 0 fully saturated rings. The van der Waals surface area contributed by atoms with Crippen molar-refractivity contribution in [3.05, 3.63) is 28.3 Å². The lowest BCUT2D eigenvalue weighted by Crippen LogP contribution is -1.99. The molecule has 6 nitrogen and oxygen atoms in total. The number of ether oxygens (including phenoxy) is 1. The predicted octanol–water partition coefficient (Wildman–Crippen LogP) is 2.26. The van der Waals surface area contributed by atoms with Crippen molar-refractivity contribution in [3.8, 4) is 5.75 Å². The van der Waals surface area contributed by atoms with Gasteiger partial charge in [0.15, 0.2) is 0 Å². The van der Waals surface area contributed by atoms with Gasteiger partial charge in [0.05, 0.1) is 23.9 Å². The molecule has 0 aliphatic carbocycles. The Bertz CT molecular complexity index is 546. The van der Waals surface area contributed by atoms with Crippen LogP contribution in [0.5, 0.6) is 5.75 Å². The average Bonchev–Trinajstić information content (AvgIpc) is 2.26. The minimum atomic E-state index is -3.55. The van der Waals surface area contributed by atoms with E-state index in [0.29, 0.717) is 10.6 Å². The summed E-state index contributed by atoms with van der Waals surface area (Å²) in [6.07, 6.45) is 0. The van der Waals surface area contributed by atoms with E-state index in [4.69, 9.17) is 15.4 Å². The molecule has 0 bridgehead atoms. The van der Waals surface area contributed by atoms with E-state index < -0.39 is 14.0 Å². The first kappa shape index (κ1) is 15.1. The second-order valence-electron chi connectivity index (χ2n) is 3.22. The van der Waals surface area contributed by atoms with Crippen LogP contribution in [0.25, 0.3) is 0 Å². The fourth-order valence-electron chi connectivity index (χ4n) is 1.12. The smallest absolute Gasteiger partial charge is 0.274 e. The number of halogens is 1. The number of rotatable bonds is 6. The predicted molar refractivity (Wildman–Crippen MR) is 70.0 cm³/mol. The van der Waals surface area contributed by atoms with Crippen LogP contribution in [0.15, 0.2) is 23.1 Å². The number of hydrogen-bond donors (Lipinski definition) is 0. The molecular formula is C9H10ClNO5S2. The quantitative estimate of drug-likeness (QED) is 0.346. The van der Waals surface area contributed by atoms with E-state index in [1.54, 1.807) is 6.07 Å². The number of methoxy groups -OCH3 is 1. The molecule has 0 radical (unpaired) electrons. The van der Waals surface area contributed by atoms with Crippen LogP contribution in [-0.2, 0) is 9.05 Å². The van der Waals surface area contributed by atoms with Gasteiger partial charge in [0.2, 0.25) is 9.05 Å². The molecule has 0 saturated carbocycles. The van der Waals surface area contributed by atoms with E-state index in [0.717, 1.165) is 11.8 Å². The standard InChI is InChI=1S/C9H10ClNO5S2/c1-16-8-4-7(11(12)13)5-9(6-8)17-2-3-18(10,14)15/h4-6H,2-3H2,1H3. The van der Waals surface area contributed by atoms with Gasteiger partial charge in [-0.2, -0.15) is 0 Å². The van der Waals surface area contributed by atoms with Crippen molar-refractivity contribution in [1.29, 1.82) is 0 Å². The number of hydrogen-bond acceptors (Lipinski definition) is 6. The van der Waals surface area contributed by atoms with Crippen LogP contribution in [0.2, 0.25) is 0 Å². The summed E-state index contributed by atoms with van der Waals surface area (Å²) >= 11 is 1.16. The van der Waals surface area contributed by atoms with E-state index in [2.05, 4.69) is 0 Å². The lowest BCUT2D eigenvalue weighted by Gasteiger charge is -2.04. The summed E-state index contributed by atoms with van der Waals surface area (Å²) in [6, 6.07) is 4.24. The molecule has 0 aliphatic rings. The highest BCUT2D eigenvalue weighted by Crippen LogP contribution is 2.29. The molecule has 0 aromatic heterocycles. The fraction of sp³-hybridized carbons (Fsp3) is 0.333. The van der Waals surface area contributed by atoms with Crippen molar-refractivity contribution in [1.82, 2.24) is 0 Å². The molecule has 0 unspecified atom stereocenters. The normalized spacial score (nSPS) is 11.2. The van der Waals surface area contributed by atoms with Crippen molar-refractivity contribution < 1.29 is 18.1 Å². The van der Waals surface area contributed by atoms with E-state index in [9.17, 15) is 18.5 Å². The van der Waals surface area contributed by atoms with Crippen molar-refractivity contribution in [2.75, 3.05) is 18.6 Å². The average molecular weight is 312 g/mol. The Hall–Kier alpha value is -0.990. The largest absolute Gasteiger partial charge is 0.496 e. The van der Waals surface area contributed by atoms with E-state index >= 15 is 0 Å². The molecule has 18 heavy (non-hydrogen) atoms. The number of nitro groups is 1. The van der Waals surface area contributed by atoms with Crippen LogP contribution in [0.4, 0.5) is 5.69 Å². The van der Waals surface area contributed by atoms with Crippen LogP contribution in [0.3, 0.4) is 0 Å². The van der Waals surface area contributed by atoms with Crippen molar-refractivity contribution in [3.63, 3.8) is 0 Å². The first-order chi connectivity index (χ1) is 8.31. The molecule has 1 aromatic rings. The third-order valence-electron chi connectivity index (χ3n) is 1.91. The van der Waals surface area contributed by atoms with E-state index in [-0.39, 0.29) is 17.2 Å². The van der Waals surface area contributed by atoms with Gasteiger partial charge in [-0.25, -0.2) is 8.42 Å². The Labute approximate surface area is 113 Å². The van der Waals surface area contributed by atoms with Gasteiger partial charge < -0.3 is 4.74 Å². The highest BCUT2D eigenvalue weighted by Gasteiger charge is 2.11. The van der Waals surface area contributed by atoms with Crippen molar-refractivity contribution in [2.24, 2.45) is 0 Å². The third kappa shape index (κ3) is 5.11. The Morgan fingerprint density at radius 3 is 2.61 bits per heavy atom. The lowest BCUT2D eigenvalue weighted by molar-refractivity contribution is -0.385. The topological polar surface area (TPSA) is 86.5 Å². The Morgan fingerprint density at radius 1 is 1.44 bits per heavy atom. The van der Waals surface area contributed by atoms with Crippen molar-refractivity contribution >= 4 is 37.2 Å². The molecule has 0 N–H and O–H groups in total. The zero-order chi connectivity index (χ0) is 13.8. The van der Waals surface area contributed by atoms with Gasteiger partial charge >= 0.3 is 0 Å². The van der Waals surface area contributed by atoms with Crippen LogP contribution in [0, 0.1) is 10.1 Å². The molecule has 0 aliphatic heterocycles. The molecule has 9 heteroatoms. The number of thioether (sulfide) groups is 1. The molecule has 1 aromatic carbocycles. The molecule has 0 heterocycles.